The molecule has 2 aromatic heterocycles. The number of halogens is 1. The van der Waals surface area contributed by atoms with Crippen LogP contribution >= 0.6 is 27.7 Å². The Morgan fingerprint density at radius 2 is 1.88 bits per heavy atom. The summed E-state index contributed by atoms with van der Waals surface area (Å²) < 4.78 is 8.04. The monoisotopic (exact) mass is 663 g/mol. The maximum Gasteiger partial charge on any atom is 0.307 e. The number of amides is 1. The van der Waals surface area contributed by atoms with E-state index in [0.29, 0.717) is 57.8 Å². The average Bonchev–Trinajstić information content (AvgIpc) is 3.33. The fourth-order valence-corrected chi connectivity index (χ4v) is 6.55. The summed E-state index contributed by atoms with van der Waals surface area (Å²) in [5, 5.41) is 20.5. The van der Waals surface area contributed by atoms with Gasteiger partial charge in [0.05, 0.1) is 6.42 Å². The highest BCUT2D eigenvalue weighted by Crippen LogP contribution is 2.40. The van der Waals surface area contributed by atoms with Gasteiger partial charge in [-0.25, -0.2) is 15.0 Å². The van der Waals surface area contributed by atoms with Crippen molar-refractivity contribution in [2.24, 2.45) is 5.92 Å². The van der Waals surface area contributed by atoms with Gasteiger partial charge in [-0.1, -0.05) is 25.6 Å². The molecule has 0 spiro atoms. The number of likely N-dealkylation sites (tertiary alicyclic amines) is 1. The van der Waals surface area contributed by atoms with E-state index in [-0.39, 0.29) is 35.6 Å². The van der Waals surface area contributed by atoms with Crippen LogP contribution in [0.1, 0.15) is 46.5 Å². The molecule has 0 radical (unpaired) electrons. The first kappa shape index (κ1) is 31.8. The number of phenols is 2. The fourth-order valence-electron chi connectivity index (χ4n) is 5.03. The number of nitrogen functional groups attached to an aromatic ring is 1. The number of hydrogen-bond acceptors (Lipinski definition) is 11. The zero-order valence-electron chi connectivity index (χ0n) is 24.1. The molecule has 42 heavy (non-hydrogen) atoms. The van der Waals surface area contributed by atoms with Crippen molar-refractivity contribution in [2.75, 3.05) is 38.5 Å². The Morgan fingerprint density at radius 3 is 2.57 bits per heavy atom. The molecule has 1 aliphatic rings. The Bertz CT molecular complexity index is 1410. The fraction of sp³-hybridized carbons (Fsp3) is 0.536. The summed E-state index contributed by atoms with van der Waals surface area (Å²) in [4.78, 5) is 43.0. The van der Waals surface area contributed by atoms with Gasteiger partial charge >= 0.3 is 5.97 Å². The lowest BCUT2D eigenvalue weighted by molar-refractivity contribution is -0.160. The number of imidazole rings is 1. The number of anilines is 1. The van der Waals surface area contributed by atoms with Gasteiger partial charge < -0.3 is 35.1 Å². The van der Waals surface area contributed by atoms with E-state index in [1.807, 2.05) is 18.4 Å². The van der Waals surface area contributed by atoms with Gasteiger partial charge in [0.1, 0.15) is 6.33 Å². The number of esters is 1. The van der Waals surface area contributed by atoms with Crippen LogP contribution in [-0.4, -0.2) is 90.2 Å². The van der Waals surface area contributed by atoms with E-state index >= 15 is 0 Å². The Balaban J connectivity index is 1.35. The second-order valence-electron chi connectivity index (χ2n) is 10.3. The SMILES string of the molecule is CCN(CC)CCC(=O)O[C@@H](C)C(=O)N1CCC(CCn2c(Sc3cc(O)c(O)cc3Br)nc3c(N)ncnc32)CC1. The summed E-state index contributed by atoms with van der Waals surface area (Å²) in [6.07, 6.45) is 3.38. The molecule has 0 saturated carbocycles. The van der Waals surface area contributed by atoms with Crippen molar-refractivity contribution in [3.05, 3.63) is 22.9 Å². The summed E-state index contributed by atoms with van der Waals surface area (Å²) in [5.74, 6) is -0.297. The Morgan fingerprint density at radius 1 is 1.19 bits per heavy atom. The van der Waals surface area contributed by atoms with Gasteiger partial charge in [-0.15, -0.1) is 0 Å². The lowest BCUT2D eigenvalue weighted by Gasteiger charge is -2.33. The van der Waals surface area contributed by atoms with Crippen molar-refractivity contribution in [2.45, 2.75) is 69.2 Å². The van der Waals surface area contributed by atoms with Gasteiger partial charge in [-0.2, -0.15) is 0 Å². The van der Waals surface area contributed by atoms with Crippen LogP contribution in [-0.2, 0) is 20.9 Å². The number of nitrogens with zero attached hydrogens (tertiary/aromatic N) is 6. The summed E-state index contributed by atoms with van der Waals surface area (Å²) in [6, 6.07) is 2.90. The molecule has 1 aromatic carbocycles. The Kier molecular flexibility index (Phi) is 10.9. The van der Waals surface area contributed by atoms with Crippen LogP contribution in [0.5, 0.6) is 11.5 Å². The lowest BCUT2D eigenvalue weighted by Crippen LogP contribution is -2.44. The molecular weight excluding hydrogens is 626 g/mol. The molecule has 14 heteroatoms. The molecule has 0 unspecified atom stereocenters. The quantitative estimate of drug-likeness (QED) is 0.190. The zero-order valence-corrected chi connectivity index (χ0v) is 26.5. The van der Waals surface area contributed by atoms with Crippen LogP contribution in [0.3, 0.4) is 0 Å². The van der Waals surface area contributed by atoms with E-state index < -0.39 is 6.10 Å². The van der Waals surface area contributed by atoms with Crippen LogP contribution in [0.15, 0.2) is 33.0 Å². The van der Waals surface area contributed by atoms with E-state index in [1.54, 1.807) is 11.8 Å². The molecule has 4 N–H and O–H groups in total. The highest BCUT2D eigenvalue weighted by molar-refractivity contribution is 9.10. The standard InChI is InChI=1S/C28H38BrN7O5S/c1-4-34(5-2)10-9-23(39)41-17(3)27(40)35-11-6-18(7-12-35)8-13-36-26-24(25(30)31-16-32-26)33-28(36)42-22-15-21(38)20(37)14-19(22)29/h14-18,37-38H,4-13H2,1-3H3,(H2,30,31,32)/t17-/m0/s1. The number of hydrogen-bond donors (Lipinski definition) is 3. The van der Waals surface area contributed by atoms with Gasteiger partial charge in [0, 0.05) is 35.5 Å². The minimum atomic E-state index is -0.800. The molecule has 0 aliphatic carbocycles. The number of carbonyl (C=O) groups excluding carboxylic acids is 2. The number of carbonyl (C=O) groups is 2. The van der Waals surface area contributed by atoms with Gasteiger partial charge in [-0.3, -0.25) is 9.59 Å². The third kappa shape index (κ3) is 7.64. The molecule has 12 nitrogen and oxygen atoms in total. The van der Waals surface area contributed by atoms with Crippen LogP contribution in [0.2, 0.25) is 0 Å². The second kappa shape index (κ2) is 14.4. The number of nitrogens with two attached hydrogens (primary N) is 1. The molecule has 1 fully saturated rings. The highest BCUT2D eigenvalue weighted by atomic mass is 79.9. The molecule has 0 bridgehead atoms. The van der Waals surface area contributed by atoms with Crippen molar-refractivity contribution in [3.63, 3.8) is 0 Å². The lowest BCUT2D eigenvalue weighted by atomic mass is 9.93. The minimum absolute atomic E-state index is 0.154. The van der Waals surface area contributed by atoms with Gasteiger partial charge in [-0.05, 0) is 73.3 Å². The first-order valence-corrected chi connectivity index (χ1v) is 15.8. The molecular formula is C28H38BrN7O5S. The number of piperidine rings is 1. The van der Waals surface area contributed by atoms with E-state index in [4.69, 9.17) is 10.5 Å². The third-order valence-corrected chi connectivity index (χ3v) is 9.60. The predicted molar refractivity (Wildman–Crippen MR) is 163 cm³/mol. The summed E-state index contributed by atoms with van der Waals surface area (Å²) in [7, 11) is 0. The maximum absolute atomic E-state index is 13.0. The molecule has 1 atom stereocenters. The second-order valence-corrected chi connectivity index (χ2v) is 12.2. The molecule has 3 aromatic rings. The van der Waals surface area contributed by atoms with Crippen LogP contribution < -0.4 is 5.73 Å². The van der Waals surface area contributed by atoms with E-state index in [9.17, 15) is 19.8 Å². The number of ether oxygens (including phenoxy) is 1. The number of aromatic hydroxyl groups is 2. The molecule has 3 heterocycles. The van der Waals surface area contributed by atoms with E-state index in [2.05, 4.69) is 35.8 Å². The first-order chi connectivity index (χ1) is 20.1. The Labute approximate surface area is 257 Å². The molecule has 1 aliphatic heterocycles. The van der Waals surface area contributed by atoms with Crippen LogP contribution in [0.4, 0.5) is 5.82 Å². The molecule has 1 amide bonds. The molecule has 228 valence electrons. The minimum Gasteiger partial charge on any atom is -0.504 e. The Hall–Kier alpha value is -3.10. The summed E-state index contributed by atoms with van der Waals surface area (Å²) in [6.45, 7) is 9.93. The van der Waals surface area contributed by atoms with Crippen LogP contribution in [0.25, 0.3) is 11.2 Å². The summed E-state index contributed by atoms with van der Waals surface area (Å²) >= 11 is 4.76. The van der Waals surface area contributed by atoms with E-state index in [1.165, 1.54) is 30.2 Å². The molecule has 1 saturated heterocycles. The van der Waals surface area contributed by atoms with Crippen molar-refractivity contribution < 1.29 is 24.5 Å². The third-order valence-electron chi connectivity index (χ3n) is 7.63. The largest absolute Gasteiger partial charge is 0.504 e. The summed E-state index contributed by atoms with van der Waals surface area (Å²) in [5.41, 5.74) is 7.22. The number of phenolic OH excluding ortho intramolecular Hbond substituents is 2. The number of aromatic nitrogens is 4. The predicted octanol–water partition coefficient (Wildman–Crippen LogP) is 4.03. The van der Waals surface area contributed by atoms with Gasteiger partial charge in [0.15, 0.2) is 39.7 Å². The number of benzene rings is 1. The van der Waals surface area contributed by atoms with E-state index in [0.717, 1.165) is 32.4 Å². The first-order valence-electron chi connectivity index (χ1n) is 14.2. The average molecular weight is 665 g/mol. The van der Waals surface area contributed by atoms with Gasteiger partial charge in [0.25, 0.3) is 5.91 Å². The number of aryl methyl sites for hydroxylation is 1. The van der Waals surface area contributed by atoms with Crippen LogP contribution in [0, 0.1) is 5.92 Å². The van der Waals surface area contributed by atoms with Crippen molar-refractivity contribution >= 4 is 56.6 Å². The number of rotatable bonds is 12. The molecule has 4 rings (SSSR count). The zero-order chi connectivity index (χ0) is 30.4. The highest BCUT2D eigenvalue weighted by Gasteiger charge is 2.28. The van der Waals surface area contributed by atoms with Crippen molar-refractivity contribution in [1.29, 1.82) is 0 Å². The van der Waals surface area contributed by atoms with Crippen molar-refractivity contribution in [3.8, 4) is 11.5 Å². The normalized spacial score (nSPS) is 14.9. The van der Waals surface area contributed by atoms with Crippen molar-refractivity contribution in [1.82, 2.24) is 29.3 Å². The van der Waals surface area contributed by atoms with Gasteiger partial charge in [0.2, 0.25) is 0 Å². The smallest absolute Gasteiger partial charge is 0.307 e. The number of fused-ring (bicyclic) bond motifs is 1. The topological polar surface area (TPSA) is 160 Å². The maximum atomic E-state index is 13.0.